The van der Waals surface area contributed by atoms with Gasteiger partial charge in [0.05, 0.1) is 19.3 Å². The fraction of sp³-hybridized carbons (Fsp3) is 0.300. The summed E-state index contributed by atoms with van der Waals surface area (Å²) >= 11 is 0. The Bertz CT molecular complexity index is 387. The van der Waals surface area contributed by atoms with E-state index in [1.807, 2.05) is 0 Å². The van der Waals surface area contributed by atoms with Gasteiger partial charge in [0.2, 0.25) is 0 Å². The Kier molecular flexibility index (Phi) is 2.19. The lowest BCUT2D eigenvalue weighted by Crippen LogP contribution is -2.19. The number of carbonyl (C=O) groups excluding carboxylic acids is 1. The zero-order chi connectivity index (χ0) is 10.1. The molecule has 0 spiro atoms. The summed E-state index contributed by atoms with van der Waals surface area (Å²) in [5, 5.41) is 0. The number of hydrogen-bond acceptors (Lipinski definition) is 3. The van der Waals surface area contributed by atoms with E-state index in [-0.39, 0.29) is 5.78 Å². The number of rotatable bonds is 1. The average Bonchev–Trinajstić information content (AvgIpc) is 2.19. The number of Topliss-reactive ketones (excluding diaryl/α,β-unsaturated/α-hetero) is 1. The van der Waals surface area contributed by atoms with Crippen LogP contribution in [0.2, 0.25) is 0 Å². The molecule has 70 valence electrons. The summed E-state index contributed by atoms with van der Waals surface area (Å²) in [5.41, 5.74) is 1.01. The monoisotopic (exact) mass is 188 g/mol. The van der Waals surface area contributed by atoms with E-state index in [4.69, 9.17) is 17.3 Å². The Morgan fingerprint density at radius 2 is 2.29 bits per heavy atom. The van der Waals surface area contributed by atoms with Crippen LogP contribution < -0.4 is 14.9 Å². The van der Waals surface area contributed by atoms with Gasteiger partial charge in [-0.3, -0.25) is 4.79 Å². The molecular weight excluding hydrogens is 179 g/mol. The Morgan fingerprint density at radius 1 is 1.50 bits per heavy atom. The van der Waals surface area contributed by atoms with E-state index in [2.05, 4.69) is 0 Å². The molecule has 0 atom stereocenters. The van der Waals surface area contributed by atoms with Gasteiger partial charge in [-0.2, -0.15) is 0 Å². The lowest BCUT2D eigenvalue weighted by atomic mass is 9.90. The van der Waals surface area contributed by atoms with Crippen molar-refractivity contribution in [2.75, 3.05) is 13.7 Å². The Labute approximate surface area is 83.4 Å². The first-order valence-corrected chi connectivity index (χ1v) is 4.36. The highest BCUT2D eigenvalue weighted by atomic mass is 16.5. The standard InChI is InChI=1S/C10H9BO3/c1-13-10-5-9-6(4-7(10)11)8(12)2-3-14-9/h4-5H,2-3H2,1H3. The summed E-state index contributed by atoms with van der Waals surface area (Å²) in [5.74, 6) is 1.17. The lowest BCUT2D eigenvalue weighted by molar-refractivity contribution is 0.0933. The van der Waals surface area contributed by atoms with Crippen molar-refractivity contribution in [2.45, 2.75) is 6.42 Å². The Balaban J connectivity index is 2.54. The van der Waals surface area contributed by atoms with Crippen LogP contribution in [0.15, 0.2) is 12.1 Å². The molecule has 0 saturated heterocycles. The number of benzene rings is 1. The summed E-state index contributed by atoms with van der Waals surface area (Å²) in [6, 6.07) is 3.26. The van der Waals surface area contributed by atoms with Crippen molar-refractivity contribution in [3.63, 3.8) is 0 Å². The fourth-order valence-electron chi connectivity index (χ4n) is 1.48. The van der Waals surface area contributed by atoms with Crippen LogP contribution in [0.3, 0.4) is 0 Å². The molecule has 2 radical (unpaired) electrons. The summed E-state index contributed by atoms with van der Waals surface area (Å²) < 4.78 is 10.4. The van der Waals surface area contributed by atoms with Crippen LogP contribution >= 0.6 is 0 Å². The molecule has 0 amide bonds. The van der Waals surface area contributed by atoms with Gasteiger partial charge in [-0.25, -0.2) is 0 Å². The second-order valence-electron chi connectivity index (χ2n) is 3.11. The predicted molar refractivity (Wildman–Crippen MR) is 52.8 cm³/mol. The Hall–Kier alpha value is -1.45. The van der Waals surface area contributed by atoms with E-state index >= 15 is 0 Å². The van der Waals surface area contributed by atoms with Crippen LogP contribution in [0, 0.1) is 0 Å². The summed E-state index contributed by atoms with van der Waals surface area (Å²) in [4.78, 5) is 11.5. The molecule has 0 fully saturated rings. The normalized spacial score (nSPS) is 14.5. The molecule has 0 N–H and O–H groups in total. The molecule has 4 heteroatoms. The van der Waals surface area contributed by atoms with Crippen molar-refractivity contribution >= 4 is 19.1 Å². The number of carbonyl (C=O) groups is 1. The Morgan fingerprint density at radius 3 is 3.00 bits per heavy atom. The van der Waals surface area contributed by atoms with Crippen LogP contribution in [0.4, 0.5) is 0 Å². The number of ether oxygens (including phenoxy) is 2. The van der Waals surface area contributed by atoms with Crippen molar-refractivity contribution in [3.8, 4) is 11.5 Å². The van der Waals surface area contributed by atoms with E-state index in [1.165, 1.54) is 7.11 Å². The molecule has 0 saturated carbocycles. The molecule has 0 bridgehead atoms. The molecule has 2 rings (SSSR count). The summed E-state index contributed by atoms with van der Waals surface area (Å²) in [6.07, 6.45) is 0.415. The quantitative estimate of drug-likeness (QED) is 0.600. The largest absolute Gasteiger partial charge is 0.497 e. The van der Waals surface area contributed by atoms with Gasteiger partial charge in [-0.05, 0) is 0 Å². The smallest absolute Gasteiger partial charge is 0.169 e. The highest BCUT2D eigenvalue weighted by molar-refractivity contribution is 6.35. The molecule has 1 aliphatic heterocycles. The van der Waals surface area contributed by atoms with Gasteiger partial charge < -0.3 is 9.47 Å². The number of ketones is 1. The van der Waals surface area contributed by atoms with Crippen LogP contribution in [0.5, 0.6) is 11.5 Å². The summed E-state index contributed by atoms with van der Waals surface area (Å²) in [6.45, 7) is 0.429. The van der Waals surface area contributed by atoms with Crippen molar-refractivity contribution in [2.24, 2.45) is 0 Å². The van der Waals surface area contributed by atoms with Gasteiger partial charge in [0, 0.05) is 12.5 Å². The van der Waals surface area contributed by atoms with Crippen LogP contribution in [-0.2, 0) is 0 Å². The molecule has 0 unspecified atom stereocenters. The third-order valence-corrected chi connectivity index (χ3v) is 2.22. The first-order valence-electron chi connectivity index (χ1n) is 4.36. The zero-order valence-electron chi connectivity index (χ0n) is 7.87. The predicted octanol–water partition coefficient (Wildman–Crippen LogP) is 0.454. The number of hydrogen-bond donors (Lipinski definition) is 0. The van der Waals surface area contributed by atoms with Crippen molar-refractivity contribution < 1.29 is 14.3 Å². The van der Waals surface area contributed by atoms with E-state index < -0.39 is 0 Å². The minimum absolute atomic E-state index is 0.0700. The zero-order valence-corrected chi connectivity index (χ0v) is 7.87. The molecule has 3 nitrogen and oxygen atoms in total. The second-order valence-corrected chi connectivity index (χ2v) is 3.11. The minimum Gasteiger partial charge on any atom is -0.497 e. The maximum absolute atomic E-state index is 11.5. The van der Waals surface area contributed by atoms with Crippen LogP contribution in [0.25, 0.3) is 0 Å². The molecule has 1 heterocycles. The summed E-state index contributed by atoms with van der Waals surface area (Å²) in [7, 11) is 7.22. The third kappa shape index (κ3) is 1.37. The molecule has 1 aromatic carbocycles. The lowest BCUT2D eigenvalue weighted by Gasteiger charge is -2.18. The van der Waals surface area contributed by atoms with E-state index in [0.29, 0.717) is 35.6 Å². The number of fused-ring (bicyclic) bond motifs is 1. The maximum atomic E-state index is 11.5. The fourth-order valence-corrected chi connectivity index (χ4v) is 1.48. The molecule has 0 aromatic heterocycles. The third-order valence-electron chi connectivity index (χ3n) is 2.22. The number of methoxy groups -OCH3 is 1. The first-order chi connectivity index (χ1) is 6.72. The maximum Gasteiger partial charge on any atom is 0.169 e. The highest BCUT2D eigenvalue weighted by Crippen LogP contribution is 2.27. The second kappa shape index (κ2) is 3.37. The van der Waals surface area contributed by atoms with E-state index in [0.717, 1.165) is 0 Å². The van der Waals surface area contributed by atoms with Gasteiger partial charge in [-0.1, -0.05) is 11.5 Å². The molecule has 1 aromatic rings. The first kappa shape index (κ1) is 9.12. The topological polar surface area (TPSA) is 35.5 Å². The average molecular weight is 188 g/mol. The van der Waals surface area contributed by atoms with Crippen molar-refractivity contribution in [1.29, 1.82) is 0 Å². The van der Waals surface area contributed by atoms with E-state index in [1.54, 1.807) is 12.1 Å². The molecular formula is C10H9BO3. The highest BCUT2D eigenvalue weighted by Gasteiger charge is 2.19. The van der Waals surface area contributed by atoms with Crippen LogP contribution in [0.1, 0.15) is 16.8 Å². The van der Waals surface area contributed by atoms with Gasteiger partial charge in [0.25, 0.3) is 0 Å². The molecule has 1 aliphatic rings. The van der Waals surface area contributed by atoms with Gasteiger partial charge in [0.15, 0.2) is 5.78 Å². The van der Waals surface area contributed by atoms with Gasteiger partial charge in [0.1, 0.15) is 19.3 Å². The van der Waals surface area contributed by atoms with Crippen molar-refractivity contribution in [1.82, 2.24) is 0 Å². The molecule has 0 aliphatic carbocycles. The minimum atomic E-state index is 0.0700. The SMILES string of the molecule is [B]c1cc2c(cc1OC)OCCC2=O. The van der Waals surface area contributed by atoms with Gasteiger partial charge in [-0.15, -0.1) is 0 Å². The van der Waals surface area contributed by atoms with E-state index in [9.17, 15) is 4.79 Å². The van der Waals surface area contributed by atoms with Crippen molar-refractivity contribution in [3.05, 3.63) is 17.7 Å². The van der Waals surface area contributed by atoms with Crippen LogP contribution in [-0.4, -0.2) is 27.3 Å². The molecule has 14 heavy (non-hydrogen) atoms. The van der Waals surface area contributed by atoms with Gasteiger partial charge >= 0.3 is 0 Å².